The summed E-state index contributed by atoms with van der Waals surface area (Å²) in [4.78, 5) is 22.9. The van der Waals surface area contributed by atoms with Gasteiger partial charge in [-0.1, -0.05) is 26.0 Å². The SMILES string of the molecule is CC(C)c1ccc(OC(=O)CNC(=O)C2CC2)cc1. The van der Waals surface area contributed by atoms with E-state index in [-0.39, 0.29) is 18.4 Å². The number of benzene rings is 1. The fraction of sp³-hybridized carbons (Fsp3) is 0.467. The molecule has 0 spiro atoms. The molecule has 1 N–H and O–H groups in total. The van der Waals surface area contributed by atoms with Crippen LogP contribution >= 0.6 is 0 Å². The number of carbonyl (C=O) groups excluding carboxylic acids is 2. The lowest BCUT2D eigenvalue weighted by Crippen LogP contribution is -2.32. The smallest absolute Gasteiger partial charge is 0.330 e. The Kier molecular flexibility index (Phi) is 4.20. The number of amides is 1. The highest BCUT2D eigenvalue weighted by atomic mass is 16.5. The van der Waals surface area contributed by atoms with Crippen LogP contribution in [0.4, 0.5) is 0 Å². The first-order valence-electron chi connectivity index (χ1n) is 6.64. The van der Waals surface area contributed by atoms with Crippen molar-refractivity contribution in [3.63, 3.8) is 0 Å². The summed E-state index contributed by atoms with van der Waals surface area (Å²) in [6.07, 6.45) is 1.86. The van der Waals surface area contributed by atoms with Crippen LogP contribution in [0.3, 0.4) is 0 Å². The van der Waals surface area contributed by atoms with Crippen LogP contribution in [0.5, 0.6) is 5.75 Å². The molecule has 102 valence electrons. The molecule has 1 fully saturated rings. The van der Waals surface area contributed by atoms with Crippen LogP contribution in [-0.2, 0) is 9.59 Å². The molecule has 1 saturated carbocycles. The number of carbonyl (C=O) groups is 2. The number of hydrogen-bond acceptors (Lipinski definition) is 3. The van der Waals surface area contributed by atoms with E-state index in [1.54, 1.807) is 12.1 Å². The van der Waals surface area contributed by atoms with E-state index in [0.717, 1.165) is 12.8 Å². The minimum atomic E-state index is -0.439. The monoisotopic (exact) mass is 261 g/mol. The van der Waals surface area contributed by atoms with Crippen molar-refractivity contribution in [1.29, 1.82) is 0 Å². The third-order valence-corrected chi connectivity index (χ3v) is 3.13. The summed E-state index contributed by atoms with van der Waals surface area (Å²) in [7, 11) is 0. The average Bonchev–Trinajstić information content (AvgIpc) is 3.21. The fourth-order valence-electron chi connectivity index (χ4n) is 1.74. The molecular weight excluding hydrogens is 242 g/mol. The minimum absolute atomic E-state index is 0.0490. The van der Waals surface area contributed by atoms with Crippen LogP contribution in [0, 0.1) is 5.92 Å². The molecule has 0 heterocycles. The van der Waals surface area contributed by atoms with Crippen molar-refractivity contribution in [3.05, 3.63) is 29.8 Å². The number of nitrogens with one attached hydrogen (secondary N) is 1. The van der Waals surface area contributed by atoms with Crippen LogP contribution in [0.2, 0.25) is 0 Å². The average molecular weight is 261 g/mol. The molecule has 2 rings (SSSR count). The molecule has 0 radical (unpaired) electrons. The van der Waals surface area contributed by atoms with E-state index < -0.39 is 5.97 Å². The highest BCUT2D eigenvalue weighted by molar-refractivity contribution is 5.85. The normalized spacial score (nSPS) is 14.3. The molecular formula is C15H19NO3. The minimum Gasteiger partial charge on any atom is -0.425 e. The Morgan fingerprint density at radius 2 is 1.89 bits per heavy atom. The molecule has 0 aromatic heterocycles. The molecule has 4 nitrogen and oxygen atoms in total. The van der Waals surface area contributed by atoms with E-state index in [0.29, 0.717) is 11.7 Å². The van der Waals surface area contributed by atoms with Gasteiger partial charge in [-0.25, -0.2) is 4.79 Å². The Balaban J connectivity index is 1.79. The third kappa shape index (κ3) is 4.09. The maximum absolute atomic E-state index is 11.5. The topological polar surface area (TPSA) is 55.4 Å². The van der Waals surface area contributed by atoms with Gasteiger partial charge in [-0.3, -0.25) is 4.79 Å². The standard InChI is InChI=1S/C15H19NO3/c1-10(2)11-5-7-13(8-6-11)19-14(17)9-16-15(18)12-3-4-12/h5-8,10,12H,3-4,9H2,1-2H3,(H,16,18). The van der Waals surface area contributed by atoms with Crippen molar-refractivity contribution >= 4 is 11.9 Å². The van der Waals surface area contributed by atoms with Crippen LogP contribution in [0.25, 0.3) is 0 Å². The van der Waals surface area contributed by atoms with Gasteiger partial charge < -0.3 is 10.1 Å². The maximum atomic E-state index is 11.5. The van der Waals surface area contributed by atoms with Crippen LogP contribution in [-0.4, -0.2) is 18.4 Å². The zero-order valence-corrected chi connectivity index (χ0v) is 11.3. The molecule has 1 aromatic carbocycles. The van der Waals surface area contributed by atoms with Gasteiger partial charge in [0.1, 0.15) is 12.3 Å². The van der Waals surface area contributed by atoms with Crippen molar-refractivity contribution < 1.29 is 14.3 Å². The van der Waals surface area contributed by atoms with Gasteiger partial charge in [-0.2, -0.15) is 0 Å². The lowest BCUT2D eigenvalue weighted by atomic mass is 10.0. The lowest BCUT2D eigenvalue weighted by Gasteiger charge is -2.08. The Morgan fingerprint density at radius 3 is 2.42 bits per heavy atom. The summed E-state index contributed by atoms with van der Waals surface area (Å²) in [6, 6.07) is 7.43. The second-order valence-electron chi connectivity index (χ2n) is 5.19. The van der Waals surface area contributed by atoms with Crippen molar-refractivity contribution in [2.24, 2.45) is 5.92 Å². The highest BCUT2D eigenvalue weighted by Crippen LogP contribution is 2.28. The van der Waals surface area contributed by atoms with Gasteiger partial charge >= 0.3 is 5.97 Å². The molecule has 0 atom stereocenters. The first-order valence-corrected chi connectivity index (χ1v) is 6.64. The molecule has 0 saturated heterocycles. The summed E-state index contributed by atoms with van der Waals surface area (Å²) in [6.45, 7) is 4.14. The van der Waals surface area contributed by atoms with E-state index in [1.807, 2.05) is 12.1 Å². The zero-order valence-electron chi connectivity index (χ0n) is 11.3. The van der Waals surface area contributed by atoms with E-state index in [4.69, 9.17) is 4.74 Å². The summed E-state index contributed by atoms with van der Waals surface area (Å²) in [5.74, 6) is 0.578. The molecule has 1 amide bonds. The van der Waals surface area contributed by atoms with Crippen LogP contribution in [0.1, 0.15) is 38.2 Å². The molecule has 19 heavy (non-hydrogen) atoms. The molecule has 1 aliphatic carbocycles. The Bertz CT molecular complexity index is 461. The van der Waals surface area contributed by atoms with E-state index >= 15 is 0 Å². The first-order chi connectivity index (χ1) is 9.06. The van der Waals surface area contributed by atoms with Gasteiger partial charge in [0.15, 0.2) is 0 Å². The first kappa shape index (κ1) is 13.6. The molecule has 0 bridgehead atoms. The van der Waals surface area contributed by atoms with Crippen molar-refractivity contribution in [1.82, 2.24) is 5.32 Å². The van der Waals surface area contributed by atoms with E-state index in [9.17, 15) is 9.59 Å². The predicted molar refractivity (Wildman–Crippen MR) is 71.9 cm³/mol. The van der Waals surface area contributed by atoms with E-state index in [2.05, 4.69) is 19.2 Å². The Hall–Kier alpha value is -1.84. The van der Waals surface area contributed by atoms with E-state index in [1.165, 1.54) is 5.56 Å². The number of hydrogen-bond donors (Lipinski definition) is 1. The van der Waals surface area contributed by atoms with Crippen molar-refractivity contribution in [2.75, 3.05) is 6.54 Å². The second-order valence-corrected chi connectivity index (χ2v) is 5.19. The maximum Gasteiger partial charge on any atom is 0.330 e. The molecule has 4 heteroatoms. The van der Waals surface area contributed by atoms with Gasteiger partial charge in [0.05, 0.1) is 0 Å². The van der Waals surface area contributed by atoms with Gasteiger partial charge in [-0.15, -0.1) is 0 Å². The third-order valence-electron chi connectivity index (χ3n) is 3.13. The van der Waals surface area contributed by atoms with Crippen LogP contribution in [0.15, 0.2) is 24.3 Å². The quantitative estimate of drug-likeness (QED) is 0.653. The zero-order chi connectivity index (χ0) is 13.8. The highest BCUT2D eigenvalue weighted by Gasteiger charge is 2.29. The second kappa shape index (κ2) is 5.87. The van der Waals surface area contributed by atoms with Gasteiger partial charge in [0.2, 0.25) is 5.91 Å². The van der Waals surface area contributed by atoms with Crippen molar-refractivity contribution in [3.8, 4) is 5.75 Å². The number of esters is 1. The summed E-state index contributed by atoms with van der Waals surface area (Å²) < 4.78 is 5.15. The number of rotatable bonds is 5. The van der Waals surface area contributed by atoms with Crippen molar-refractivity contribution in [2.45, 2.75) is 32.6 Å². The largest absolute Gasteiger partial charge is 0.425 e. The summed E-state index contributed by atoms with van der Waals surface area (Å²) >= 11 is 0. The van der Waals surface area contributed by atoms with Gasteiger partial charge in [-0.05, 0) is 36.5 Å². The molecule has 0 unspecified atom stereocenters. The molecule has 1 aliphatic rings. The molecule has 1 aromatic rings. The Morgan fingerprint density at radius 1 is 1.26 bits per heavy atom. The van der Waals surface area contributed by atoms with Gasteiger partial charge in [0.25, 0.3) is 0 Å². The summed E-state index contributed by atoms with van der Waals surface area (Å²) in [5.41, 5.74) is 1.20. The lowest BCUT2D eigenvalue weighted by molar-refractivity contribution is -0.135. The van der Waals surface area contributed by atoms with Crippen LogP contribution < -0.4 is 10.1 Å². The fourth-order valence-corrected chi connectivity index (χ4v) is 1.74. The predicted octanol–water partition coefficient (Wildman–Crippen LogP) is 2.24. The molecule has 0 aliphatic heterocycles. The van der Waals surface area contributed by atoms with Gasteiger partial charge in [0, 0.05) is 5.92 Å². The summed E-state index contributed by atoms with van der Waals surface area (Å²) in [5, 5.41) is 2.58. The number of ether oxygens (including phenoxy) is 1. The Labute approximate surface area is 113 Å².